The molecule has 128 valence electrons. The predicted molar refractivity (Wildman–Crippen MR) is 84.1 cm³/mol. The van der Waals surface area contributed by atoms with Gasteiger partial charge in [0.15, 0.2) is 0 Å². The fourth-order valence-corrected chi connectivity index (χ4v) is 2.81. The van der Waals surface area contributed by atoms with Gasteiger partial charge in [-0.15, -0.1) is 0 Å². The Balaban J connectivity index is 1.63. The largest absolute Gasteiger partial charge is 0.379 e. The van der Waals surface area contributed by atoms with Crippen LogP contribution in [0.15, 0.2) is 17.0 Å². The lowest BCUT2D eigenvalue weighted by molar-refractivity contribution is -0.131. The van der Waals surface area contributed by atoms with Crippen molar-refractivity contribution in [2.24, 2.45) is 5.92 Å². The van der Waals surface area contributed by atoms with Crippen LogP contribution in [0.1, 0.15) is 22.8 Å². The summed E-state index contributed by atoms with van der Waals surface area (Å²) in [6.07, 6.45) is 2.54. The van der Waals surface area contributed by atoms with E-state index in [-0.39, 0.29) is 18.2 Å². The van der Waals surface area contributed by atoms with Crippen molar-refractivity contribution < 1.29 is 14.2 Å². The van der Waals surface area contributed by atoms with Gasteiger partial charge in [-0.2, -0.15) is 0 Å². The number of rotatable bonds is 4. The van der Waals surface area contributed by atoms with Crippen molar-refractivity contribution in [3.63, 3.8) is 0 Å². The van der Waals surface area contributed by atoms with Crippen LogP contribution in [0, 0.1) is 19.8 Å². The maximum absolute atomic E-state index is 12.6. The number of carbonyl (C=O) groups is 1. The Labute approximate surface area is 140 Å². The molecule has 1 aliphatic heterocycles. The standard InChI is InChI=1S/C16H21N5O3/c1-11-5-14(18-10-17-11)6-13-8-21(3-4-23-9-13)16(22)7-15-12(2)19-24-20-15/h5,10,13H,3-4,6-9H2,1-2H3/t13-/m1/s1. The minimum atomic E-state index is 0.0168. The lowest BCUT2D eigenvalue weighted by atomic mass is 10.0. The summed E-state index contributed by atoms with van der Waals surface area (Å²) in [6, 6.07) is 1.97. The second kappa shape index (κ2) is 7.48. The van der Waals surface area contributed by atoms with Gasteiger partial charge in [0.05, 0.1) is 19.6 Å². The highest BCUT2D eigenvalue weighted by atomic mass is 16.6. The van der Waals surface area contributed by atoms with Gasteiger partial charge in [-0.3, -0.25) is 4.79 Å². The lowest BCUT2D eigenvalue weighted by Crippen LogP contribution is -2.37. The van der Waals surface area contributed by atoms with Crippen LogP contribution in [-0.2, 0) is 22.4 Å². The molecular formula is C16H21N5O3. The monoisotopic (exact) mass is 331 g/mol. The van der Waals surface area contributed by atoms with E-state index in [0.717, 1.165) is 17.8 Å². The van der Waals surface area contributed by atoms with Crippen LogP contribution in [0.4, 0.5) is 0 Å². The van der Waals surface area contributed by atoms with E-state index < -0.39 is 0 Å². The van der Waals surface area contributed by atoms with Crippen LogP contribution in [0.5, 0.6) is 0 Å². The molecule has 2 aromatic heterocycles. The predicted octanol–water partition coefficient (Wildman–Crippen LogP) is 0.737. The van der Waals surface area contributed by atoms with Crippen LogP contribution < -0.4 is 0 Å². The number of ether oxygens (including phenoxy) is 1. The van der Waals surface area contributed by atoms with E-state index in [2.05, 4.69) is 24.9 Å². The Bertz CT molecular complexity index is 703. The molecule has 0 spiro atoms. The van der Waals surface area contributed by atoms with Crippen molar-refractivity contribution in [2.45, 2.75) is 26.7 Å². The molecule has 2 aromatic rings. The molecule has 3 rings (SSSR count). The number of aromatic nitrogens is 4. The second-order valence-electron chi connectivity index (χ2n) is 6.11. The molecule has 1 aliphatic rings. The van der Waals surface area contributed by atoms with Crippen LogP contribution in [0.25, 0.3) is 0 Å². The molecule has 1 fully saturated rings. The summed E-state index contributed by atoms with van der Waals surface area (Å²) in [5.74, 6) is 0.227. The summed E-state index contributed by atoms with van der Waals surface area (Å²) >= 11 is 0. The molecule has 0 radical (unpaired) electrons. The van der Waals surface area contributed by atoms with Gasteiger partial charge >= 0.3 is 0 Å². The second-order valence-corrected chi connectivity index (χ2v) is 6.11. The zero-order valence-electron chi connectivity index (χ0n) is 13.9. The first-order valence-electron chi connectivity index (χ1n) is 8.03. The van der Waals surface area contributed by atoms with Crippen molar-refractivity contribution in [1.82, 2.24) is 25.2 Å². The zero-order chi connectivity index (χ0) is 16.9. The Morgan fingerprint density at radius 3 is 2.96 bits per heavy atom. The van der Waals surface area contributed by atoms with E-state index >= 15 is 0 Å². The van der Waals surface area contributed by atoms with Gasteiger partial charge in [-0.05, 0) is 26.3 Å². The molecule has 0 saturated carbocycles. The van der Waals surface area contributed by atoms with Crippen molar-refractivity contribution in [3.8, 4) is 0 Å². The van der Waals surface area contributed by atoms with Gasteiger partial charge in [0.25, 0.3) is 0 Å². The highest BCUT2D eigenvalue weighted by Gasteiger charge is 2.24. The molecule has 24 heavy (non-hydrogen) atoms. The summed E-state index contributed by atoms with van der Waals surface area (Å²) < 4.78 is 10.3. The minimum absolute atomic E-state index is 0.0168. The van der Waals surface area contributed by atoms with Crippen LogP contribution in [0.3, 0.4) is 0 Å². The van der Waals surface area contributed by atoms with Gasteiger partial charge < -0.3 is 9.64 Å². The van der Waals surface area contributed by atoms with Crippen LogP contribution in [-0.4, -0.2) is 57.4 Å². The molecular weight excluding hydrogens is 310 g/mol. The summed E-state index contributed by atoms with van der Waals surface area (Å²) in [6.45, 7) is 6.12. The van der Waals surface area contributed by atoms with Crippen molar-refractivity contribution in [3.05, 3.63) is 35.2 Å². The van der Waals surface area contributed by atoms with Crippen molar-refractivity contribution >= 4 is 5.91 Å². The molecule has 1 atom stereocenters. The maximum Gasteiger partial charge on any atom is 0.228 e. The lowest BCUT2D eigenvalue weighted by Gasteiger charge is -2.23. The molecule has 0 aliphatic carbocycles. The number of amides is 1. The van der Waals surface area contributed by atoms with E-state index in [0.29, 0.717) is 37.7 Å². The third-order valence-corrected chi connectivity index (χ3v) is 4.11. The van der Waals surface area contributed by atoms with Crippen LogP contribution in [0.2, 0.25) is 0 Å². The average Bonchev–Trinajstić information content (AvgIpc) is 2.81. The van der Waals surface area contributed by atoms with Gasteiger partial charge in [-0.25, -0.2) is 14.6 Å². The topological polar surface area (TPSA) is 94.2 Å². The first kappa shape index (κ1) is 16.5. The Morgan fingerprint density at radius 2 is 2.21 bits per heavy atom. The number of aryl methyl sites for hydroxylation is 2. The average molecular weight is 331 g/mol. The Morgan fingerprint density at radius 1 is 1.33 bits per heavy atom. The molecule has 0 unspecified atom stereocenters. The molecule has 0 aromatic carbocycles. The zero-order valence-corrected chi connectivity index (χ0v) is 13.9. The van der Waals surface area contributed by atoms with Gasteiger partial charge in [0.2, 0.25) is 5.91 Å². The summed E-state index contributed by atoms with van der Waals surface area (Å²) in [7, 11) is 0. The van der Waals surface area contributed by atoms with Crippen molar-refractivity contribution in [2.75, 3.05) is 26.3 Å². The first-order chi connectivity index (χ1) is 11.6. The molecule has 0 bridgehead atoms. The highest BCUT2D eigenvalue weighted by Crippen LogP contribution is 2.14. The third-order valence-electron chi connectivity index (χ3n) is 4.11. The Kier molecular flexibility index (Phi) is 5.14. The van der Waals surface area contributed by atoms with E-state index in [4.69, 9.17) is 4.74 Å². The maximum atomic E-state index is 12.6. The third kappa shape index (κ3) is 4.14. The van der Waals surface area contributed by atoms with E-state index in [9.17, 15) is 4.79 Å². The number of hydrogen-bond donors (Lipinski definition) is 0. The summed E-state index contributed by atoms with van der Waals surface area (Å²) in [5.41, 5.74) is 3.16. The summed E-state index contributed by atoms with van der Waals surface area (Å²) in [4.78, 5) is 22.8. The fourth-order valence-electron chi connectivity index (χ4n) is 2.81. The minimum Gasteiger partial charge on any atom is -0.379 e. The van der Waals surface area contributed by atoms with Gasteiger partial charge in [-0.1, -0.05) is 10.3 Å². The van der Waals surface area contributed by atoms with Crippen molar-refractivity contribution in [1.29, 1.82) is 0 Å². The first-order valence-corrected chi connectivity index (χ1v) is 8.03. The molecule has 8 nitrogen and oxygen atoms in total. The SMILES string of the molecule is Cc1cc(C[C@H]2COCCN(C(=O)Cc3nonc3C)C2)ncn1. The molecule has 0 N–H and O–H groups in total. The molecule has 8 heteroatoms. The number of nitrogens with zero attached hydrogens (tertiary/aromatic N) is 5. The van der Waals surface area contributed by atoms with E-state index in [1.807, 2.05) is 17.9 Å². The van der Waals surface area contributed by atoms with E-state index in [1.165, 1.54) is 0 Å². The molecule has 1 amide bonds. The van der Waals surface area contributed by atoms with Gasteiger partial charge in [0.1, 0.15) is 17.7 Å². The van der Waals surface area contributed by atoms with E-state index in [1.54, 1.807) is 13.3 Å². The van der Waals surface area contributed by atoms with Gasteiger partial charge in [0, 0.05) is 30.4 Å². The number of hydrogen-bond acceptors (Lipinski definition) is 7. The Hall–Kier alpha value is -2.35. The highest BCUT2D eigenvalue weighted by molar-refractivity contribution is 5.78. The summed E-state index contributed by atoms with van der Waals surface area (Å²) in [5, 5.41) is 7.51. The molecule has 3 heterocycles. The fraction of sp³-hybridized carbons (Fsp3) is 0.562. The normalized spacial score (nSPS) is 18.4. The van der Waals surface area contributed by atoms with Crippen LogP contribution >= 0.6 is 0 Å². The number of carbonyl (C=O) groups excluding carboxylic acids is 1. The smallest absolute Gasteiger partial charge is 0.228 e. The quantitative estimate of drug-likeness (QED) is 0.815. The molecule has 1 saturated heterocycles.